The molecule has 2 N–H and O–H groups in total. The first kappa shape index (κ1) is 15.5. The van der Waals surface area contributed by atoms with Gasteiger partial charge < -0.3 is 5.11 Å². The van der Waals surface area contributed by atoms with Crippen molar-refractivity contribution in [3.05, 3.63) is 102 Å². The van der Waals surface area contributed by atoms with Gasteiger partial charge in [0.2, 0.25) is 0 Å². The van der Waals surface area contributed by atoms with Crippen molar-refractivity contribution in [1.82, 2.24) is 5.43 Å². The largest absolute Gasteiger partial charge is 0.508 e. The number of hydrazone groups is 1. The molecule has 0 bridgehead atoms. The third-order valence-corrected chi connectivity index (χ3v) is 3.49. The molecule has 0 saturated carbocycles. The number of carbonyl (C=O) groups is 1. The van der Waals surface area contributed by atoms with Crippen LogP contribution in [0.5, 0.6) is 5.75 Å². The summed E-state index contributed by atoms with van der Waals surface area (Å²) >= 11 is 0. The van der Waals surface area contributed by atoms with Gasteiger partial charge in [-0.05, 0) is 36.4 Å². The molecule has 0 heterocycles. The van der Waals surface area contributed by atoms with E-state index in [0.717, 1.165) is 11.1 Å². The minimum Gasteiger partial charge on any atom is -0.508 e. The smallest absolute Gasteiger partial charge is 0.271 e. The van der Waals surface area contributed by atoms with Crippen LogP contribution in [0.4, 0.5) is 0 Å². The molecule has 118 valence electrons. The van der Waals surface area contributed by atoms with E-state index >= 15 is 0 Å². The predicted molar refractivity (Wildman–Crippen MR) is 94.1 cm³/mol. The van der Waals surface area contributed by atoms with Crippen molar-refractivity contribution in [3.63, 3.8) is 0 Å². The minimum absolute atomic E-state index is 0.180. The molecule has 0 aliphatic heterocycles. The monoisotopic (exact) mass is 316 g/mol. The third kappa shape index (κ3) is 3.67. The summed E-state index contributed by atoms with van der Waals surface area (Å²) < 4.78 is 0. The van der Waals surface area contributed by atoms with E-state index in [1.54, 1.807) is 48.5 Å². The van der Waals surface area contributed by atoms with Crippen molar-refractivity contribution < 1.29 is 9.90 Å². The Hall–Kier alpha value is -3.40. The van der Waals surface area contributed by atoms with Crippen LogP contribution in [-0.2, 0) is 0 Å². The zero-order chi connectivity index (χ0) is 16.8. The van der Waals surface area contributed by atoms with Gasteiger partial charge in [0.05, 0.1) is 5.71 Å². The van der Waals surface area contributed by atoms with E-state index in [9.17, 15) is 9.90 Å². The molecule has 0 aliphatic carbocycles. The number of amides is 1. The van der Waals surface area contributed by atoms with Crippen molar-refractivity contribution in [2.45, 2.75) is 0 Å². The van der Waals surface area contributed by atoms with Gasteiger partial charge in [0.25, 0.3) is 5.91 Å². The number of rotatable bonds is 4. The number of hydrogen-bond acceptors (Lipinski definition) is 3. The van der Waals surface area contributed by atoms with E-state index in [2.05, 4.69) is 10.5 Å². The molecule has 0 atom stereocenters. The van der Waals surface area contributed by atoms with Gasteiger partial charge in [0, 0.05) is 16.7 Å². The Bertz CT molecular complexity index is 842. The minimum atomic E-state index is -0.275. The summed E-state index contributed by atoms with van der Waals surface area (Å²) in [7, 11) is 0. The van der Waals surface area contributed by atoms with E-state index in [1.165, 1.54) is 0 Å². The lowest BCUT2D eigenvalue weighted by Gasteiger charge is -2.08. The highest BCUT2D eigenvalue weighted by Gasteiger charge is 2.09. The van der Waals surface area contributed by atoms with Gasteiger partial charge in [0.15, 0.2) is 0 Å². The van der Waals surface area contributed by atoms with Gasteiger partial charge in [-0.2, -0.15) is 5.10 Å². The maximum atomic E-state index is 12.2. The standard InChI is InChI=1S/C20H16N2O2/c23-18-13-11-16(12-14-18)19(15-7-3-1-4-8-15)21-22-20(24)17-9-5-2-6-10-17/h1-14,23H,(H,22,24)/b21-19+. The Kier molecular flexibility index (Phi) is 4.68. The Balaban J connectivity index is 1.93. The molecule has 3 aromatic rings. The van der Waals surface area contributed by atoms with Crippen molar-refractivity contribution in [1.29, 1.82) is 0 Å². The second kappa shape index (κ2) is 7.24. The zero-order valence-corrected chi connectivity index (χ0v) is 12.9. The van der Waals surface area contributed by atoms with Gasteiger partial charge >= 0.3 is 0 Å². The zero-order valence-electron chi connectivity index (χ0n) is 12.9. The van der Waals surface area contributed by atoms with Crippen LogP contribution in [0, 0.1) is 0 Å². The van der Waals surface area contributed by atoms with E-state index in [-0.39, 0.29) is 11.7 Å². The SMILES string of the molecule is O=C(N/N=C(\c1ccccc1)c1ccc(O)cc1)c1ccccc1. The number of nitrogens with zero attached hydrogens (tertiary/aromatic N) is 1. The molecule has 0 saturated heterocycles. The van der Waals surface area contributed by atoms with Crippen LogP contribution in [-0.4, -0.2) is 16.7 Å². The van der Waals surface area contributed by atoms with Crippen molar-refractivity contribution in [2.24, 2.45) is 5.10 Å². The summed E-state index contributed by atoms with van der Waals surface area (Å²) in [4.78, 5) is 12.2. The lowest BCUT2D eigenvalue weighted by atomic mass is 10.0. The molecular weight excluding hydrogens is 300 g/mol. The first-order valence-corrected chi connectivity index (χ1v) is 7.52. The van der Waals surface area contributed by atoms with Crippen LogP contribution in [0.15, 0.2) is 90.0 Å². The van der Waals surface area contributed by atoms with Crippen LogP contribution >= 0.6 is 0 Å². The van der Waals surface area contributed by atoms with E-state index in [1.807, 2.05) is 36.4 Å². The highest BCUT2D eigenvalue weighted by molar-refractivity contribution is 6.13. The number of hydrogen-bond donors (Lipinski definition) is 2. The van der Waals surface area contributed by atoms with E-state index in [0.29, 0.717) is 11.3 Å². The predicted octanol–water partition coefficient (Wildman–Crippen LogP) is 3.57. The summed E-state index contributed by atoms with van der Waals surface area (Å²) in [5.41, 5.74) is 5.43. The Morgan fingerprint density at radius 2 is 1.21 bits per heavy atom. The number of carbonyl (C=O) groups excluding carboxylic acids is 1. The molecule has 1 amide bonds. The first-order chi connectivity index (χ1) is 11.7. The summed E-state index contributed by atoms with van der Waals surface area (Å²) in [6.45, 7) is 0. The average molecular weight is 316 g/mol. The highest BCUT2D eigenvalue weighted by atomic mass is 16.3. The number of aromatic hydroxyl groups is 1. The van der Waals surface area contributed by atoms with Gasteiger partial charge in [-0.15, -0.1) is 0 Å². The lowest BCUT2D eigenvalue weighted by Crippen LogP contribution is -2.20. The fourth-order valence-corrected chi connectivity index (χ4v) is 2.27. The third-order valence-electron chi connectivity index (χ3n) is 3.49. The molecule has 0 aromatic heterocycles. The Labute approximate surface area is 140 Å². The lowest BCUT2D eigenvalue weighted by molar-refractivity contribution is 0.0955. The van der Waals surface area contributed by atoms with Crippen molar-refractivity contribution in [3.8, 4) is 5.75 Å². The first-order valence-electron chi connectivity index (χ1n) is 7.52. The van der Waals surface area contributed by atoms with Gasteiger partial charge in [-0.3, -0.25) is 4.79 Å². The Morgan fingerprint density at radius 3 is 1.79 bits per heavy atom. The number of benzene rings is 3. The molecular formula is C20H16N2O2. The molecule has 0 unspecified atom stereocenters. The topological polar surface area (TPSA) is 61.7 Å². The second-order valence-electron chi connectivity index (χ2n) is 5.18. The maximum Gasteiger partial charge on any atom is 0.271 e. The Morgan fingerprint density at radius 1 is 0.708 bits per heavy atom. The molecule has 0 fully saturated rings. The molecule has 0 spiro atoms. The van der Waals surface area contributed by atoms with Crippen LogP contribution < -0.4 is 5.43 Å². The quantitative estimate of drug-likeness (QED) is 0.571. The van der Waals surface area contributed by atoms with Crippen LogP contribution in [0.3, 0.4) is 0 Å². The fourth-order valence-electron chi connectivity index (χ4n) is 2.27. The summed E-state index contributed by atoms with van der Waals surface area (Å²) in [6, 6.07) is 25.2. The number of nitrogens with one attached hydrogen (secondary N) is 1. The van der Waals surface area contributed by atoms with Crippen LogP contribution in [0.1, 0.15) is 21.5 Å². The van der Waals surface area contributed by atoms with E-state index < -0.39 is 0 Å². The van der Waals surface area contributed by atoms with Gasteiger partial charge in [0.1, 0.15) is 5.75 Å². The molecule has 4 nitrogen and oxygen atoms in total. The summed E-state index contributed by atoms with van der Waals surface area (Å²) in [5, 5.41) is 13.8. The van der Waals surface area contributed by atoms with Gasteiger partial charge in [-0.1, -0.05) is 48.5 Å². The highest BCUT2D eigenvalue weighted by Crippen LogP contribution is 2.15. The average Bonchev–Trinajstić information content (AvgIpc) is 2.65. The van der Waals surface area contributed by atoms with Crippen molar-refractivity contribution in [2.75, 3.05) is 0 Å². The van der Waals surface area contributed by atoms with E-state index in [4.69, 9.17) is 0 Å². The fraction of sp³-hybridized carbons (Fsp3) is 0. The normalized spacial score (nSPS) is 11.1. The molecule has 3 aromatic carbocycles. The van der Waals surface area contributed by atoms with Crippen LogP contribution in [0.2, 0.25) is 0 Å². The summed E-state index contributed by atoms with van der Waals surface area (Å²) in [5.74, 6) is -0.0951. The molecule has 3 rings (SSSR count). The van der Waals surface area contributed by atoms with Crippen LogP contribution in [0.25, 0.3) is 0 Å². The number of phenols is 1. The molecule has 4 heteroatoms. The molecule has 0 radical (unpaired) electrons. The second-order valence-corrected chi connectivity index (χ2v) is 5.18. The summed E-state index contributed by atoms with van der Waals surface area (Å²) in [6.07, 6.45) is 0. The molecule has 24 heavy (non-hydrogen) atoms. The number of phenolic OH excluding ortho intramolecular Hbond substituents is 1. The molecule has 0 aliphatic rings. The van der Waals surface area contributed by atoms with Gasteiger partial charge in [-0.25, -0.2) is 5.43 Å². The van der Waals surface area contributed by atoms with Crippen molar-refractivity contribution >= 4 is 11.6 Å². The maximum absolute atomic E-state index is 12.2.